The summed E-state index contributed by atoms with van der Waals surface area (Å²) in [5, 5.41) is 9.73. The molecule has 2 N–H and O–H groups in total. The van der Waals surface area contributed by atoms with Gasteiger partial charge in [-0.15, -0.1) is 10.2 Å². The highest BCUT2D eigenvalue weighted by Crippen LogP contribution is 2.29. The van der Waals surface area contributed by atoms with E-state index in [1.54, 1.807) is 18.9 Å². The Labute approximate surface area is 143 Å². The molecule has 1 unspecified atom stereocenters. The minimum atomic E-state index is -0.00753. The molecule has 4 rings (SSSR count). The van der Waals surface area contributed by atoms with Crippen molar-refractivity contribution < 1.29 is 5.48 Å². The second kappa shape index (κ2) is 6.78. The molecule has 0 saturated heterocycles. The maximum absolute atomic E-state index is 6.03. The number of pyridine rings is 1. The van der Waals surface area contributed by atoms with Crippen LogP contribution in [0.3, 0.4) is 0 Å². The Morgan fingerprint density at radius 1 is 0.875 bits per heavy atom. The van der Waals surface area contributed by atoms with Gasteiger partial charge in [-0.3, -0.25) is 4.98 Å². The van der Waals surface area contributed by atoms with Crippen molar-refractivity contribution in [3.05, 3.63) is 89.6 Å². The van der Waals surface area contributed by atoms with Crippen molar-refractivity contribution in [2.75, 3.05) is 0 Å². The normalized spacial score (nSPS) is 11.9. The van der Waals surface area contributed by atoms with Crippen molar-refractivity contribution in [3.63, 3.8) is 0 Å². The summed E-state index contributed by atoms with van der Waals surface area (Å²) in [4.78, 5) is 4.38. The number of fused-ring (bicyclic) bond motifs is 1. The lowest BCUT2D eigenvalue weighted by atomic mass is 9.97. The van der Waals surface area contributed by atoms with E-state index in [9.17, 15) is 0 Å². The van der Waals surface area contributed by atoms with Gasteiger partial charge in [0.2, 0.25) is 0 Å². The van der Waals surface area contributed by atoms with Gasteiger partial charge in [-0.2, -0.15) is 0 Å². The van der Waals surface area contributed by atoms with Gasteiger partial charge in [0.15, 0.2) is 0 Å². The van der Waals surface area contributed by atoms with Crippen LogP contribution in [0.1, 0.15) is 17.2 Å². The molecule has 0 fully saturated rings. The molecule has 0 aliphatic heterocycles. The summed E-state index contributed by atoms with van der Waals surface area (Å²) in [5.74, 6) is 0. The number of rotatable bonds is 3. The van der Waals surface area contributed by atoms with Crippen LogP contribution in [0.25, 0.3) is 10.9 Å². The predicted molar refractivity (Wildman–Crippen MR) is 94.1 cm³/mol. The molecule has 0 radical (unpaired) electrons. The van der Waals surface area contributed by atoms with Crippen LogP contribution in [0.15, 0.2) is 73.4 Å². The van der Waals surface area contributed by atoms with Crippen LogP contribution in [0.5, 0.6) is 0 Å². The Morgan fingerprint density at radius 3 is 2.33 bits per heavy atom. The van der Waals surface area contributed by atoms with Gasteiger partial charge in [0, 0.05) is 16.6 Å². The fourth-order valence-electron chi connectivity index (χ4n) is 2.79. The molecule has 6 heteroatoms. The van der Waals surface area contributed by atoms with Gasteiger partial charge in [0.25, 0.3) is 0 Å². The summed E-state index contributed by atoms with van der Waals surface area (Å²) < 4.78 is 1.99. The number of benzene rings is 2. The fraction of sp³-hybridized carbons (Fsp3) is 0.0556. The average Bonchev–Trinajstić information content (AvgIpc) is 3.11. The maximum Gasteiger partial charge on any atom is 0.120 e. The van der Waals surface area contributed by atoms with E-state index in [4.69, 9.17) is 11.6 Å². The van der Waals surface area contributed by atoms with Gasteiger partial charge in [-0.1, -0.05) is 35.9 Å². The largest absolute Gasteiger partial charge is 0.412 e. The summed E-state index contributed by atoms with van der Waals surface area (Å²) >= 11 is 6.03. The zero-order valence-corrected chi connectivity index (χ0v) is 13.4. The minimum absolute atomic E-state index is 0. The average molecular weight is 339 g/mol. The first-order valence-corrected chi connectivity index (χ1v) is 7.63. The van der Waals surface area contributed by atoms with Crippen molar-refractivity contribution in [1.29, 1.82) is 0 Å². The summed E-state index contributed by atoms with van der Waals surface area (Å²) in [6, 6.07) is 18.1. The van der Waals surface area contributed by atoms with Crippen molar-refractivity contribution in [2.24, 2.45) is 0 Å². The Bertz CT molecular complexity index is 939. The fourth-order valence-corrected chi connectivity index (χ4v) is 2.91. The first kappa shape index (κ1) is 16.1. The number of nitrogens with zero attached hydrogens (tertiary/aromatic N) is 4. The number of aromatic nitrogens is 4. The summed E-state index contributed by atoms with van der Waals surface area (Å²) in [6.45, 7) is 0. The Morgan fingerprint density at radius 2 is 1.58 bits per heavy atom. The van der Waals surface area contributed by atoms with E-state index in [1.807, 2.05) is 41.0 Å². The van der Waals surface area contributed by atoms with Gasteiger partial charge in [0.1, 0.15) is 12.7 Å². The molecule has 0 bridgehead atoms. The van der Waals surface area contributed by atoms with Crippen molar-refractivity contribution in [1.82, 2.24) is 19.7 Å². The van der Waals surface area contributed by atoms with Gasteiger partial charge in [0.05, 0.1) is 11.6 Å². The Hall–Kier alpha value is -2.76. The molecule has 2 heterocycles. The molecule has 2 aromatic heterocycles. The standard InChI is InChI=1S/C18H13ClN4.H2O/c19-16-6-3-13(4-7-16)18(23-11-21-22-12-23)15-5-8-17-14(10-15)2-1-9-20-17;/h1-12,18H;1H2. The minimum Gasteiger partial charge on any atom is -0.412 e. The molecule has 4 aromatic rings. The van der Waals surface area contributed by atoms with E-state index < -0.39 is 0 Å². The molecule has 0 aliphatic carbocycles. The van der Waals surface area contributed by atoms with Gasteiger partial charge in [-0.25, -0.2) is 0 Å². The van der Waals surface area contributed by atoms with Gasteiger partial charge < -0.3 is 10.0 Å². The number of halogens is 1. The highest BCUT2D eigenvalue weighted by atomic mass is 35.5. The molecule has 24 heavy (non-hydrogen) atoms. The molecule has 0 aliphatic rings. The smallest absolute Gasteiger partial charge is 0.120 e. The molecule has 5 nitrogen and oxygen atoms in total. The molecule has 1 atom stereocenters. The third-order valence-electron chi connectivity index (χ3n) is 3.86. The van der Waals surface area contributed by atoms with Crippen LogP contribution in [0.4, 0.5) is 0 Å². The van der Waals surface area contributed by atoms with Crippen LogP contribution < -0.4 is 0 Å². The van der Waals surface area contributed by atoms with Crippen LogP contribution in [0, 0.1) is 0 Å². The topological polar surface area (TPSA) is 75.1 Å². The van der Waals surface area contributed by atoms with Crippen molar-refractivity contribution in [2.45, 2.75) is 6.04 Å². The SMILES string of the molecule is Clc1ccc(C(c2ccc3ncccc3c2)n2cnnc2)cc1.O. The molecule has 0 amide bonds. The van der Waals surface area contributed by atoms with E-state index in [-0.39, 0.29) is 11.5 Å². The van der Waals surface area contributed by atoms with E-state index in [1.165, 1.54) is 0 Å². The third kappa shape index (κ3) is 2.99. The zero-order chi connectivity index (χ0) is 15.6. The van der Waals surface area contributed by atoms with E-state index in [2.05, 4.69) is 33.4 Å². The second-order valence-electron chi connectivity index (χ2n) is 5.32. The molecule has 2 aromatic carbocycles. The Balaban J connectivity index is 0.00000169. The number of hydrogen-bond acceptors (Lipinski definition) is 3. The van der Waals surface area contributed by atoms with Crippen LogP contribution in [0.2, 0.25) is 5.02 Å². The van der Waals surface area contributed by atoms with Gasteiger partial charge >= 0.3 is 0 Å². The molecular weight excluding hydrogens is 324 g/mol. The van der Waals surface area contributed by atoms with Crippen LogP contribution in [-0.4, -0.2) is 25.2 Å². The summed E-state index contributed by atoms with van der Waals surface area (Å²) in [5.41, 5.74) is 3.25. The van der Waals surface area contributed by atoms with E-state index >= 15 is 0 Å². The van der Waals surface area contributed by atoms with E-state index in [0.717, 1.165) is 27.1 Å². The lowest BCUT2D eigenvalue weighted by Gasteiger charge is -2.19. The summed E-state index contributed by atoms with van der Waals surface area (Å²) in [6.07, 6.45) is 5.26. The highest BCUT2D eigenvalue weighted by Gasteiger charge is 2.16. The molecule has 120 valence electrons. The lowest BCUT2D eigenvalue weighted by Crippen LogP contribution is -2.10. The van der Waals surface area contributed by atoms with Crippen molar-refractivity contribution in [3.8, 4) is 0 Å². The maximum atomic E-state index is 6.03. The lowest BCUT2D eigenvalue weighted by molar-refractivity contribution is 0.675. The Kier molecular flexibility index (Phi) is 4.55. The summed E-state index contributed by atoms with van der Waals surface area (Å²) in [7, 11) is 0. The zero-order valence-electron chi connectivity index (χ0n) is 12.7. The van der Waals surface area contributed by atoms with E-state index in [0.29, 0.717) is 0 Å². The predicted octanol–water partition coefficient (Wildman–Crippen LogP) is 3.29. The van der Waals surface area contributed by atoms with Crippen LogP contribution >= 0.6 is 11.6 Å². The quantitative estimate of drug-likeness (QED) is 0.575. The molecule has 0 spiro atoms. The van der Waals surface area contributed by atoms with Crippen molar-refractivity contribution >= 4 is 22.5 Å². The molecular formula is C18H15ClN4O. The first-order valence-electron chi connectivity index (χ1n) is 7.25. The van der Waals surface area contributed by atoms with Crippen LogP contribution in [-0.2, 0) is 0 Å². The third-order valence-corrected chi connectivity index (χ3v) is 4.12. The molecule has 0 saturated carbocycles. The van der Waals surface area contributed by atoms with Gasteiger partial charge in [-0.05, 0) is 41.5 Å². The number of hydrogen-bond donors (Lipinski definition) is 0. The monoisotopic (exact) mass is 338 g/mol. The first-order chi connectivity index (χ1) is 11.3. The highest BCUT2D eigenvalue weighted by molar-refractivity contribution is 6.30. The second-order valence-corrected chi connectivity index (χ2v) is 5.76.